The molecule has 0 unspecified atom stereocenters. The van der Waals surface area contributed by atoms with E-state index >= 15 is 0 Å². The summed E-state index contributed by atoms with van der Waals surface area (Å²) >= 11 is 0. The van der Waals surface area contributed by atoms with Crippen LogP contribution in [-0.2, 0) is 11.2 Å². The van der Waals surface area contributed by atoms with Gasteiger partial charge >= 0.3 is 0 Å². The number of methoxy groups -OCH3 is 1. The fourth-order valence-corrected chi connectivity index (χ4v) is 1.97. The van der Waals surface area contributed by atoms with Crippen LogP contribution < -0.4 is 15.4 Å². The molecule has 0 aliphatic heterocycles. The van der Waals surface area contributed by atoms with Gasteiger partial charge in [0.25, 0.3) is 5.91 Å². The fourth-order valence-electron chi connectivity index (χ4n) is 1.97. The summed E-state index contributed by atoms with van der Waals surface area (Å²) in [4.78, 5) is 27.4. The molecule has 2 amide bonds. The second-order valence-electron chi connectivity index (χ2n) is 4.87. The van der Waals surface area contributed by atoms with Crippen LogP contribution in [0.2, 0.25) is 0 Å². The number of nitrogens with zero attached hydrogens (tertiary/aromatic N) is 1. The molecule has 0 aliphatic carbocycles. The number of aromatic nitrogens is 1. The quantitative estimate of drug-likeness (QED) is 0.752. The van der Waals surface area contributed by atoms with Crippen molar-refractivity contribution in [2.75, 3.05) is 20.2 Å². The molecule has 2 rings (SSSR count). The summed E-state index contributed by atoms with van der Waals surface area (Å²) in [5, 5.41) is 5.50. The van der Waals surface area contributed by atoms with E-state index in [0.29, 0.717) is 25.1 Å². The van der Waals surface area contributed by atoms with Gasteiger partial charge in [-0.1, -0.05) is 12.1 Å². The summed E-state index contributed by atoms with van der Waals surface area (Å²) in [6.45, 7) is 0.751. The molecule has 0 saturated heterocycles. The topological polar surface area (TPSA) is 80.3 Å². The van der Waals surface area contributed by atoms with Crippen LogP contribution in [0.3, 0.4) is 0 Å². The van der Waals surface area contributed by atoms with Gasteiger partial charge in [0.15, 0.2) is 0 Å². The number of benzene rings is 1. The standard InChI is InChI=1S/C17H19N3O3/c1-23-15-4-2-13(3-5-15)12-16(21)19-10-11-20-17(22)14-6-8-18-9-7-14/h2-9H,10-12H2,1H3,(H,19,21)(H,20,22). The highest BCUT2D eigenvalue weighted by Crippen LogP contribution is 2.11. The normalized spacial score (nSPS) is 9.96. The van der Waals surface area contributed by atoms with Crippen molar-refractivity contribution >= 4 is 11.8 Å². The Morgan fingerprint density at radius 2 is 1.65 bits per heavy atom. The summed E-state index contributed by atoms with van der Waals surface area (Å²) in [5.74, 6) is 0.484. The van der Waals surface area contributed by atoms with Gasteiger partial charge < -0.3 is 15.4 Å². The van der Waals surface area contributed by atoms with Gasteiger partial charge in [0.1, 0.15) is 5.75 Å². The third-order valence-corrected chi connectivity index (χ3v) is 3.20. The van der Waals surface area contributed by atoms with Crippen LogP contribution in [-0.4, -0.2) is 37.0 Å². The molecular formula is C17H19N3O3. The molecule has 0 radical (unpaired) electrons. The molecule has 0 saturated carbocycles. The molecule has 2 aromatic rings. The smallest absolute Gasteiger partial charge is 0.251 e. The van der Waals surface area contributed by atoms with Crippen LogP contribution in [0.25, 0.3) is 0 Å². The lowest BCUT2D eigenvalue weighted by atomic mass is 10.1. The third-order valence-electron chi connectivity index (χ3n) is 3.20. The van der Waals surface area contributed by atoms with Crippen LogP contribution in [0.4, 0.5) is 0 Å². The summed E-state index contributed by atoms with van der Waals surface area (Å²) in [7, 11) is 1.60. The van der Waals surface area contributed by atoms with Crippen molar-refractivity contribution in [3.05, 3.63) is 59.9 Å². The van der Waals surface area contributed by atoms with Gasteiger partial charge in [0.05, 0.1) is 13.5 Å². The van der Waals surface area contributed by atoms with Gasteiger partial charge in [0.2, 0.25) is 5.91 Å². The van der Waals surface area contributed by atoms with Gasteiger partial charge in [-0.25, -0.2) is 0 Å². The maximum Gasteiger partial charge on any atom is 0.251 e. The summed E-state index contributed by atoms with van der Waals surface area (Å²) in [6.07, 6.45) is 3.42. The van der Waals surface area contributed by atoms with Crippen molar-refractivity contribution in [1.82, 2.24) is 15.6 Å². The number of nitrogens with one attached hydrogen (secondary N) is 2. The number of carbonyl (C=O) groups excluding carboxylic acids is 2. The average molecular weight is 313 g/mol. The molecule has 2 N–H and O–H groups in total. The minimum absolute atomic E-state index is 0.0895. The van der Waals surface area contributed by atoms with Gasteiger partial charge in [-0.05, 0) is 29.8 Å². The van der Waals surface area contributed by atoms with Crippen molar-refractivity contribution in [1.29, 1.82) is 0 Å². The van der Waals surface area contributed by atoms with E-state index in [9.17, 15) is 9.59 Å². The lowest BCUT2D eigenvalue weighted by molar-refractivity contribution is -0.120. The second-order valence-corrected chi connectivity index (χ2v) is 4.87. The van der Waals surface area contributed by atoms with Crippen LogP contribution >= 0.6 is 0 Å². The molecule has 0 spiro atoms. The lowest BCUT2D eigenvalue weighted by Crippen LogP contribution is -2.35. The number of pyridine rings is 1. The highest BCUT2D eigenvalue weighted by molar-refractivity contribution is 5.93. The Kier molecular flexibility index (Phi) is 6.11. The van der Waals surface area contributed by atoms with Gasteiger partial charge in [-0.3, -0.25) is 14.6 Å². The number of hydrogen-bond acceptors (Lipinski definition) is 4. The highest BCUT2D eigenvalue weighted by Gasteiger charge is 2.05. The van der Waals surface area contributed by atoms with Gasteiger partial charge in [0, 0.05) is 31.0 Å². The number of hydrogen-bond donors (Lipinski definition) is 2. The number of carbonyl (C=O) groups is 2. The molecule has 120 valence electrons. The second kappa shape index (κ2) is 8.53. The van der Waals surface area contributed by atoms with E-state index in [2.05, 4.69) is 15.6 Å². The van der Waals surface area contributed by atoms with E-state index in [-0.39, 0.29) is 11.8 Å². The zero-order valence-corrected chi connectivity index (χ0v) is 12.9. The first-order valence-corrected chi connectivity index (χ1v) is 7.27. The van der Waals surface area contributed by atoms with E-state index in [1.54, 1.807) is 31.6 Å². The van der Waals surface area contributed by atoms with E-state index in [4.69, 9.17) is 4.74 Å². The summed E-state index contributed by atoms with van der Waals surface area (Å²) in [5.41, 5.74) is 1.45. The number of amides is 2. The monoisotopic (exact) mass is 313 g/mol. The number of ether oxygens (including phenoxy) is 1. The molecule has 1 heterocycles. The van der Waals surface area contributed by atoms with Crippen molar-refractivity contribution in [3.63, 3.8) is 0 Å². The maximum absolute atomic E-state index is 11.8. The van der Waals surface area contributed by atoms with Gasteiger partial charge in [-0.15, -0.1) is 0 Å². The predicted octanol–water partition coefficient (Wildman–Crippen LogP) is 1.18. The predicted molar refractivity (Wildman–Crippen MR) is 86.3 cm³/mol. The molecule has 0 aliphatic rings. The van der Waals surface area contributed by atoms with Crippen LogP contribution in [0.15, 0.2) is 48.8 Å². The molecule has 0 atom stereocenters. The zero-order chi connectivity index (χ0) is 16.5. The number of rotatable bonds is 7. The zero-order valence-electron chi connectivity index (χ0n) is 12.9. The summed E-state index contributed by atoms with van der Waals surface area (Å²) < 4.78 is 5.07. The molecule has 23 heavy (non-hydrogen) atoms. The molecule has 1 aromatic carbocycles. The Morgan fingerprint density at radius 1 is 1.00 bits per heavy atom. The van der Waals surface area contributed by atoms with E-state index in [1.807, 2.05) is 24.3 Å². The Morgan fingerprint density at radius 3 is 2.30 bits per heavy atom. The minimum atomic E-state index is -0.184. The molecule has 0 fully saturated rings. The highest BCUT2D eigenvalue weighted by atomic mass is 16.5. The van der Waals surface area contributed by atoms with Crippen molar-refractivity contribution in [2.45, 2.75) is 6.42 Å². The minimum Gasteiger partial charge on any atom is -0.497 e. The fraction of sp³-hybridized carbons (Fsp3) is 0.235. The molecule has 6 nitrogen and oxygen atoms in total. The molecule has 0 bridgehead atoms. The Balaban J connectivity index is 1.67. The van der Waals surface area contributed by atoms with Crippen LogP contribution in [0.5, 0.6) is 5.75 Å². The van der Waals surface area contributed by atoms with E-state index in [0.717, 1.165) is 11.3 Å². The Bertz CT molecular complexity index is 642. The molecular weight excluding hydrogens is 294 g/mol. The van der Waals surface area contributed by atoms with Crippen molar-refractivity contribution < 1.29 is 14.3 Å². The van der Waals surface area contributed by atoms with Crippen LogP contribution in [0.1, 0.15) is 15.9 Å². The van der Waals surface area contributed by atoms with Crippen LogP contribution in [0, 0.1) is 0 Å². The third kappa shape index (κ3) is 5.43. The van der Waals surface area contributed by atoms with E-state index in [1.165, 1.54) is 0 Å². The van der Waals surface area contributed by atoms with E-state index < -0.39 is 0 Å². The van der Waals surface area contributed by atoms with Crippen molar-refractivity contribution in [2.24, 2.45) is 0 Å². The first-order chi connectivity index (χ1) is 11.2. The van der Waals surface area contributed by atoms with Crippen molar-refractivity contribution in [3.8, 4) is 5.75 Å². The molecule has 6 heteroatoms. The lowest BCUT2D eigenvalue weighted by Gasteiger charge is -2.07. The Hall–Kier alpha value is -2.89. The van der Waals surface area contributed by atoms with Gasteiger partial charge in [-0.2, -0.15) is 0 Å². The largest absolute Gasteiger partial charge is 0.497 e. The summed E-state index contributed by atoms with van der Waals surface area (Å²) in [6, 6.07) is 10.6. The SMILES string of the molecule is COc1ccc(CC(=O)NCCNC(=O)c2ccncc2)cc1. The first kappa shape index (κ1) is 16.5. The Labute approximate surface area is 134 Å². The molecule has 1 aromatic heterocycles. The maximum atomic E-state index is 11.8. The average Bonchev–Trinajstić information content (AvgIpc) is 2.60. The first-order valence-electron chi connectivity index (χ1n) is 7.27.